The fraction of sp³-hybridized carbons (Fsp3) is 0.333. The number of rotatable bonds is 8. The van der Waals surface area contributed by atoms with Gasteiger partial charge in [-0.2, -0.15) is 0 Å². The second kappa shape index (κ2) is 9.25. The molecule has 7 heteroatoms. The lowest BCUT2D eigenvalue weighted by Crippen LogP contribution is -2.23. The molecule has 0 aliphatic carbocycles. The number of ether oxygens (including phenoxy) is 2. The van der Waals surface area contributed by atoms with Crippen molar-refractivity contribution in [3.8, 4) is 11.5 Å². The molecule has 136 valence electrons. The number of benzene rings is 2. The Morgan fingerprint density at radius 3 is 2.60 bits per heavy atom. The van der Waals surface area contributed by atoms with E-state index in [-0.39, 0.29) is 11.6 Å². The van der Waals surface area contributed by atoms with E-state index in [9.17, 15) is 9.50 Å². The predicted octanol–water partition coefficient (Wildman–Crippen LogP) is 4.19. The van der Waals surface area contributed by atoms with E-state index in [1.807, 2.05) is 6.07 Å². The molecule has 0 aromatic heterocycles. The van der Waals surface area contributed by atoms with Crippen molar-refractivity contribution in [1.82, 2.24) is 5.32 Å². The standard InChI is InChI=1S/C18H20Cl2FNO3/c1-11(23)8-22-9-12-5-16(20)18(17(6-12)24-2)25-10-13-3-4-14(21)7-15(13)19/h3-7,11,22-23H,8-10H2,1-2H3/t11-/m1/s1. The first-order chi connectivity index (χ1) is 11.9. The van der Waals surface area contributed by atoms with Crippen LogP contribution in [0.4, 0.5) is 4.39 Å². The lowest BCUT2D eigenvalue weighted by atomic mass is 10.2. The maximum absolute atomic E-state index is 13.1. The van der Waals surface area contributed by atoms with E-state index in [0.717, 1.165) is 5.56 Å². The summed E-state index contributed by atoms with van der Waals surface area (Å²) < 4.78 is 24.2. The average molecular weight is 388 g/mol. The van der Waals surface area contributed by atoms with Crippen molar-refractivity contribution >= 4 is 23.2 Å². The van der Waals surface area contributed by atoms with Gasteiger partial charge in [0.25, 0.3) is 0 Å². The highest BCUT2D eigenvalue weighted by atomic mass is 35.5. The van der Waals surface area contributed by atoms with Gasteiger partial charge in [0.2, 0.25) is 0 Å². The van der Waals surface area contributed by atoms with Crippen molar-refractivity contribution in [2.45, 2.75) is 26.2 Å². The highest BCUT2D eigenvalue weighted by Gasteiger charge is 2.13. The average Bonchev–Trinajstić information content (AvgIpc) is 2.54. The molecule has 0 bridgehead atoms. The van der Waals surface area contributed by atoms with E-state index >= 15 is 0 Å². The second-order valence-corrected chi connectivity index (χ2v) is 6.43. The van der Waals surface area contributed by atoms with Crippen LogP contribution in [0.2, 0.25) is 10.0 Å². The molecule has 0 saturated carbocycles. The first-order valence-electron chi connectivity index (χ1n) is 7.72. The normalized spacial score (nSPS) is 12.1. The molecule has 0 aliphatic heterocycles. The van der Waals surface area contributed by atoms with E-state index in [0.29, 0.717) is 35.2 Å². The largest absolute Gasteiger partial charge is 0.493 e. The minimum Gasteiger partial charge on any atom is -0.493 e. The minimum atomic E-state index is -0.430. The Morgan fingerprint density at radius 1 is 1.20 bits per heavy atom. The molecule has 2 aromatic rings. The van der Waals surface area contributed by atoms with Crippen molar-refractivity contribution in [3.05, 3.63) is 57.3 Å². The SMILES string of the molecule is COc1cc(CNC[C@@H](C)O)cc(Cl)c1OCc1ccc(F)cc1Cl. The van der Waals surface area contributed by atoms with Crippen LogP contribution in [0.5, 0.6) is 11.5 Å². The Hall–Kier alpha value is -1.53. The summed E-state index contributed by atoms with van der Waals surface area (Å²) in [5, 5.41) is 13.1. The third-order valence-electron chi connectivity index (χ3n) is 3.45. The van der Waals surface area contributed by atoms with Crippen LogP contribution < -0.4 is 14.8 Å². The molecular formula is C18H20Cl2FNO3. The van der Waals surface area contributed by atoms with Gasteiger partial charge in [-0.15, -0.1) is 0 Å². The summed E-state index contributed by atoms with van der Waals surface area (Å²) in [5.74, 6) is 0.474. The Labute approximate surface area is 156 Å². The maximum Gasteiger partial charge on any atom is 0.180 e. The quantitative estimate of drug-likeness (QED) is 0.712. The van der Waals surface area contributed by atoms with Gasteiger partial charge in [-0.3, -0.25) is 0 Å². The number of hydrogen-bond acceptors (Lipinski definition) is 4. The lowest BCUT2D eigenvalue weighted by Gasteiger charge is -2.15. The smallest absolute Gasteiger partial charge is 0.180 e. The molecule has 0 aliphatic rings. The molecule has 2 aromatic carbocycles. The molecule has 0 radical (unpaired) electrons. The maximum atomic E-state index is 13.1. The predicted molar refractivity (Wildman–Crippen MR) is 97.1 cm³/mol. The Balaban J connectivity index is 2.11. The van der Waals surface area contributed by atoms with Crippen molar-refractivity contribution in [3.63, 3.8) is 0 Å². The summed E-state index contributed by atoms with van der Waals surface area (Å²) in [6.07, 6.45) is -0.430. The van der Waals surface area contributed by atoms with Crippen LogP contribution in [0.3, 0.4) is 0 Å². The summed E-state index contributed by atoms with van der Waals surface area (Å²) in [4.78, 5) is 0. The van der Waals surface area contributed by atoms with Crippen LogP contribution >= 0.6 is 23.2 Å². The third-order valence-corrected chi connectivity index (χ3v) is 4.08. The Bertz CT molecular complexity index is 726. The van der Waals surface area contributed by atoms with Crippen LogP contribution in [0.15, 0.2) is 30.3 Å². The summed E-state index contributed by atoms with van der Waals surface area (Å²) in [7, 11) is 1.52. The van der Waals surface area contributed by atoms with Crippen molar-refractivity contribution in [1.29, 1.82) is 0 Å². The first-order valence-corrected chi connectivity index (χ1v) is 8.48. The van der Waals surface area contributed by atoms with Crippen molar-refractivity contribution < 1.29 is 19.0 Å². The summed E-state index contributed by atoms with van der Waals surface area (Å²) in [6.45, 7) is 2.85. The second-order valence-electron chi connectivity index (χ2n) is 5.61. The summed E-state index contributed by atoms with van der Waals surface area (Å²) >= 11 is 12.3. The van der Waals surface area contributed by atoms with E-state index in [1.54, 1.807) is 19.1 Å². The lowest BCUT2D eigenvalue weighted by molar-refractivity contribution is 0.191. The Morgan fingerprint density at radius 2 is 1.96 bits per heavy atom. The fourth-order valence-corrected chi connectivity index (χ4v) is 2.74. The van der Waals surface area contributed by atoms with E-state index in [2.05, 4.69) is 5.32 Å². The molecular weight excluding hydrogens is 368 g/mol. The van der Waals surface area contributed by atoms with Crippen LogP contribution in [0.25, 0.3) is 0 Å². The number of halogens is 3. The van der Waals surface area contributed by atoms with E-state index in [4.69, 9.17) is 32.7 Å². The van der Waals surface area contributed by atoms with Crippen molar-refractivity contribution in [2.24, 2.45) is 0 Å². The Kier molecular flexibility index (Phi) is 7.32. The number of aliphatic hydroxyl groups is 1. The number of methoxy groups -OCH3 is 1. The molecule has 25 heavy (non-hydrogen) atoms. The fourth-order valence-electron chi connectivity index (χ4n) is 2.23. The molecule has 0 fully saturated rings. The molecule has 0 saturated heterocycles. The monoisotopic (exact) mass is 387 g/mol. The third kappa shape index (κ3) is 5.75. The molecule has 0 unspecified atom stereocenters. The van der Waals surface area contributed by atoms with Gasteiger partial charge in [-0.05, 0) is 36.8 Å². The molecule has 0 spiro atoms. The minimum absolute atomic E-state index is 0.134. The van der Waals surface area contributed by atoms with Crippen LogP contribution in [-0.2, 0) is 13.2 Å². The van der Waals surface area contributed by atoms with Gasteiger partial charge >= 0.3 is 0 Å². The molecule has 1 atom stereocenters. The van der Waals surface area contributed by atoms with Crippen LogP contribution in [0.1, 0.15) is 18.1 Å². The number of hydrogen-bond donors (Lipinski definition) is 2. The summed E-state index contributed by atoms with van der Waals surface area (Å²) in [5.41, 5.74) is 1.54. The molecule has 0 amide bonds. The molecule has 2 rings (SSSR count). The van der Waals surface area contributed by atoms with Gasteiger partial charge in [0.15, 0.2) is 11.5 Å². The molecule has 2 N–H and O–H groups in total. The molecule has 4 nitrogen and oxygen atoms in total. The van der Waals surface area contributed by atoms with Gasteiger partial charge in [0, 0.05) is 18.7 Å². The van der Waals surface area contributed by atoms with E-state index < -0.39 is 11.9 Å². The van der Waals surface area contributed by atoms with Crippen LogP contribution in [-0.4, -0.2) is 24.9 Å². The number of nitrogens with one attached hydrogen (secondary N) is 1. The highest BCUT2D eigenvalue weighted by molar-refractivity contribution is 6.32. The van der Waals surface area contributed by atoms with Gasteiger partial charge in [0.1, 0.15) is 12.4 Å². The highest BCUT2D eigenvalue weighted by Crippen LogP contribution is 2.37. The van der Waals surface area contributed by atoms with Gasteiger partial charge in [-0.1, -0.05) is 29.3 Å². The van der Waals surface area contributed by atoms with Gasteiger partial charge in [-0.25, -0.2) is 4.39 Å². The zero-order chi connectivity index (χ0) is 18.4. The van der Waals surface area contributed by atoms with Gasteiger partial charge in [0.05, 0.1) is 23.3 Å². The van der Waals surface area contributed by atoms with Crippen molar-refractivity contribution in [2.75, 3.05) is 13.7 Å². The summed E-state index contributed by atoms with van der Waals surface area (Å²) in [6, 6.07) is 7.69. The van der Waals surface area contributed by atoms with Gasteiger partial charge < -0.3 is 19.9 Å². The van der Waals surface area contributed by atoms with Crippen LogP contribution in [0, 0.1) is 5.82 Å². The zero-order valence-corrected chi connectivity index (χ0v) is 15.5. The topological polar surface area (TPSA) is 50.7 Å². The molecule has 0 heterocycles. The first kappa shape index (κ1) is 19.8. The number of aliphatic hydroxyl groups excluding tert-OH is 1. The zero-order valence-electron chi connectivity index (χ0n) is 14.0. The van der Waals surface area contributed by atoms with E-state index in [1.165, 1.54) is 19.2 Å².